The Morgan fingerprint density at radius 1 is 1.32 bits per heavy atom. The predicted octanol–water partition coefficient (Wildman–Crippen LogP) is 3.51. The Kier molecular flexibility index (Phi) is 5.12. The van der Waals surface area contributed by atoms with Crippen molar-refractivity contribution in [3.8, 4) is 16.4 Å². The van der Waals surface area contributed by atoms with Gasteiger partial charge in [0.1, 0.15) is 18.1 Å². The van der Waals surface area contributed by atoms with Crippen molar-refractivity contribution in [2.24, 2.45) is 5.92 Å². The lowest BCUT2D eigenvalue weighted by molar-refractivity contribution is -0.149. The third-order valence-electron chi connectivity index (χ3n) is 4.53. The second-order valence-corrected chi connectivity index (χ2v) is 7.32. The molecule has 2 aromatic heterocycles. The van der Waals surface area contributed by atoms with E-state index >= 15 is 0 Å². The van der Waals surface area contributed by atoms with Gasteiger partial charge >= 0.3 is 5.97 Å². The summed E-state index contributed by atoms with van der Waals surface area (Å²) in [7, 11) is 1.58. The first-order valence-electron chi connectivity index (χ1n) is 8.74. The van der Waals surface area contributed by atoms with Crippen LogP contribution in [-0.4, -0.2) is 30.7 Å². The molecule has 3 heterocycles. The van der Waals surface area contributed by atoms with Crippen molar-refractivity contribution >= 4 is 28.9 Å². The highest BCUT2D eigenvalue weighted by Crippen LogP contribution is 2.28. The standard InChI is InChI=1S/C20H18N2O5S/c1-25-16-6-4-15(5-7-16)22-11-13(9-19(22)23)20(24)26-12-14-10-17(27-21-14)18-3-2-8-28-18/h2-8,10,13H,9,11-12H2,1H3. The highest BCUT2D eigenvalue weighted by molar-refractivity contribution is 7.13. The summed E-state index contributed by atoms with van der Waals surface area (Å²) in [6.45, 7) is 0.310. The largest absolute Gasteiger partial charge is 0.497 e. The highest BCUT2D eigenvalue weighted by Gasteiger charge is 2.36. The van der Waals surface area contributed by atoms with E-state index in [1.54, 1.807) is 53.7 Å². The van der Waals surface area contributed by atoms with E-state index in [1.165, 1.54) is 0 Å². The number of esters is 1. The molecule has 0 bridgehead atoms. The molecule has 0 radical (unpaired) electrons. The van der Waals surface area contributed by atoms with Gasteiger partial charge in [-0.3, -0.25) is 9.59 Å². The minimum Gasteiger partial charge on any atom is -0.497 e. The summed E-state index contributed by atoms with van der Waals surface area (Å²) in [4.78, 5) is 27.3. The monoisotopic (exact) mass is 398 g/mol. The van der Waals surface area contributed by atoms with E-state index in [9.17, 15) is 9.59 Å². The summed E-state index contributed by atoms with van der Waals surface area (Å²) < 4.78 is 15.8. The molecule has 1 atom stereocenters. The number of nitrogens with zero attached hydrogens (tertiary/aromatic N) is 2. The van der Waals surface area contributed by atoms with E-state index in [1.807, 2.05) is 17.5 Å². The van der Waals surface area contributed by atoms with Crippen LogP contribution in [0.5, 0.6) is 5.75 Å². The van der Waals surface area contributed by atoms with E-state index in [2.05, 4.69) is 5.16 Å². The minimum absolute atomic E-state index is 0.0148. The first-order valence-corrected chi connectivity index (χ1v) is 9.62. The second kappa shape index (κ2) is 7.85. The van der Waals surface area contributed by atoms with E-state index in [-0.39, 0.29) is 18.9 Å². The summed E-state index contributed by atoms with van der Waals surface area (Å²) in [5.74, 6) is 0.334. The predicted molar refractivity (Wildman–Crippen MR) is 103 cm³/mol. The Labute approximate surface area is 165 Å². The maximum atomic E-state index is 12.4. The van der Waals surface area contributed by atoms with Crippen molar-refractivity contribution in [1.82, 2.24) is 5.16 Å². The van der Waals surface area contributed by atoms with Crippen LogP contribution in [0.4, 0.5) is 5.69 Å². The number of hydrogen-bond acceptors (Lipinski definition) is 7. The minimum atomic E-state index is -0.502. The molecule has 144 valence electrons. The number of carbonyl (C=O) groups is 2. The smallest absolute Gasteiger partial charge is 0.311 e. The van der Waals surface area contributed by atoms with E-state index in [4.69, 9.17) is 14.0 Å². The molecule has 0 spiro atoms. The van der Waals surface area contributed by atoms with Gasteiger partial charge in [-0.15, -0.1) is 11.3 Å². The summed E-state index contributed by atoms with van der Waals surface area (Å²) in [5, 5.41) is 5.88. The van der Waals surface area contributed by atoms with Gasteiger partial charge in [-0.1, -0.05) is 11.2 Å². The van der Waals surface area contributed by atoms with Gasteiger partial charge in [0.2, 0.25) is 5.91 Å². The number of anilines is 1. The normalized spacial score (nSPS) is 16.4. The zero-order valence-electron chi connectivity index (χ0n) is 15.2. The van der Waals surface area contributed by atoms with E-state index < -0.39 is 11.9 Å². The molecule has 1 fully saturated rings. The Morgan fingerprint density at radius 3 is 2.86 bits per heavy atom. The Bertz CT molecular complexity index is 965. The molecule has 1 saturated heterocycles. The van der Waals surface area contributed by atoms with Crippen LogP contribution in [0.3, 0.4) is 0 Å². The third-order valence-corrected chi connectivity index (χ3v) is 5.41. The molecule has 1 aliphatic heterocycles. The van der Waals surface area contributed by atoms with Crippen LogP contribution >= 0.6 is 11.3 Å². The van der Waals surface area contributed by atoms with Crippen molar-refractivity contribution in [3.05, 3.63) is 53.5 Å². The van der Waals surface area contributed by atoms with Crippen LogP contribution in [-0.2, 0) is 20.9 Å². The van der Waals surface area contributed by atoms with Crippen LogP contribution in [0.25, 0.3) is 10.6 Å². The van der Waals surface area contributed by atoms with Gasteiger partial charge in [-0.25, -0.2) is 0 Å². The average molecular weight is 398 g/mol. The number of methoxy groups -OCH3 is 1. The number of rotatable bonds is 6. The summed E-state index contributed by atoms with van der Waals surface area (Å²) in [5.41, 5.74) is 1.27. The molecule has 8 heteroatoms. The van der Waals surface area contributed by atoms with Gasteiger partial charge in [0.15, 0.2) is 5.76 Å². The molecule has 0 saturated carbocycles. The van der Waals surface area contributed by atoms with Gasteiger partial charge in [0.25, 0.3) is 0 Å². The second-order valence-electron chi connectivity index (χ2n) is 6.37. The first-order chi connectivity index (χ1) is 13.6. The maximum Gasteiger partial charge on any atom is 0.311 e. The number of benzene rings is 1. The molecule has 1 unspecified atom stereocenters. The lowest BCUT2D eigenvalue weighted by Gasteiger charge is -2.16. The van der Waals surface area contributed by atoms with Gasteiger partial charge in [-0.2, -0.15) is 0 Å². The zero-order chi connectivity index (χ0) is 19.5. The van der Waals surface area contributed by atoms with Crippen LogP contribution in [0.15, 0.2) is 52.4 Å². The molecule has 0 N–H and O–H groups in total. The first kappa shape index (κ1) is 18.2. The van der Waals surface area contributed by atoms with Crippen molar-refractivity contribution in [1.29, 1.82) is 0 Å². The van der Waals surface area contributed by atoms with Crippen LogP contribution in [0.1, 0.15) is 12.1 Å². The highest BCUT2D eigenvalue weighted by atomic mass is 32.1. The third kappa shape index (κ3) is 3.77. The zero-order valence-corrected chi connectivity index (χ0v) is 16.0. The van der Waals surface area contributed by atoms with Gasteiger partial charge in [0, 0.05) is 24.7 Å². The fraction of sp³-hybridized carbons (Fsp3) is 0.250. The van der Waals surface area contributed by atoms with Crippen molar-refractivity contribution < 1.29 is 23.6 Å². The quantitative estimate of drug-likeness (QED) is 0.591. The number of hydrogen-bond donors (Lipinski definition) is 0. The van der Waals surface area contributed by atoms with Crippen molar-refractivity contribution in [2.75, 3.05) is 18.6 Å². The van der Waals surface area contributed by atoms with Gasteiger partial charge < -0.3 is 18.9 Å². The molecule has 28 heavy (non-hydrogen) atoms. The summed E-state index contributed by atoms with van der Waals surface area (Å²) in [6.07, 6.45) is 0.129. The summed E-state index contributed by atoms with van der Waals surface area (Å²) >= 11 is 1.54. The van der Waals surface area contributed by atoms with Gasteiger partial charge in [-0.05, 0) is 35.7 Å². The van der Waals surface area contributed by atoms with E-state index in [0.29, 0.717) is 23.7 Å². The van der Waals surface area contributed by atoms with Crippen LogP contribution in [0, 0.1) is 5.92 Å². The number of ether oxygens (including phenoxy) is 2. The van der Waals surface area contributed by atoms with Crippen molar-refractivity contribution in [2.45, 2.75) is 13.0 Å². The Hall–Kier alpha value is -3.13. The lowest BCUT2D eigenvalue weighted by atomic mass is 10.1. The summed E-state index contributed by atoms with van der Waals surface area (Å²) in [6, 6.07) is 12.8. The topological polar surface area (TPSA) is 81.9 Å². The molecule has 1 aliphatic rings. The fourth-order valence-corrected chi connectivity index (χ4v) is 3.73. The van der Waals surface area contributed by atoms with E-state index in [0.717, 1.165) is 10.6 Å². The molecule has 4 rings (SSSR count). The van der Waals surface area contributed by atoms with Crippen LogP contribution < -0.4 is 9.64 Å². The van der Waals surface area contributed by atoms with Crippen molar-refractivity contribution in [3.63, 3.8) is 0 Å². The molecular weight excluding hydrogens is 380 g/mol. The Balaban J connectivity index is 1.34. The fourth-order valence-electron chi connectivity index (χ4n) is 3.05. The molecule has 1 amide bonds. The number of carbonyl (C=O) groups excluding carboxylic acids is 2. The molecule has 7 nitrogen and oxygen atoms in total. The van der Waals surface area contributed by atoms with Gasteiger partial charge in [0.05, 0.1) is 17.9 Å². The maximum absolute atomic E-state index is 12.4. The molecule has 3 aromatic rings. The van der Waals surface area contributed by atoms with Crippen LogP contribution in [0.2, 0.25) is 0 Å². The Morgan fingerprint density at radius 2 is 2.14 bits per heavy atom. The average Bonchev–Trinajstić information content (AvgIpc) is 3.46. The number of thiophene rings is 1. The number of aromatic nitrogens is 1. The molecular formula is C20H18N2O5S. The lowest BCUT2D eigenvalue weighted by Crippen LogP contribution is -2.26. The molecule has 1 aromatic carbocycles. The SMILES string of the molecule is COc1ccc(N2CC(C(=O)OCc3cc(-c4cccs4)on3)CC2=O)cc1. The number of amides is 1. The molecule has 0 aliphatic carbocycles.